The number of hydrogen-bond acceptors (Lipinski definition) is 4. The Labute approximate surface area is 135 Å². The quantitative estimate of drug-likeness (QED) is 0.911. The molecule has 2 aromatic rings. The normalized spacial score (nSPS) is 18.9. The molecule has 1 N–H and O–H groups in total. The Morgan fingerprint density at radius 2 is 2.00 bits per heavy atom. The maximum Gasteiger partial charge on any atom is 0.244 e. The maximum atomic E-state index is 12.7. The second-order valence-electron chi connectivity index (χ2n) is 5.45. The van der Waals surface area contributed by atoms with Crippen molar-refractivity contribution in [3.63, 3.8) is 0 Å². The first kappa shape index (κ1) is 15.7. The van der Waals surface area contributed by atoms with Gasteiger partial charge in [0.1, 0.15) is 6.04 Å². The SMILES string of the molecule is Cn1ccc(NC(=O)C2CCCN2S(=O)(=O)c2ccccc2)n1. The van der Waals surface area contributed by atoms with Crippen LogP contribution in [-0.2, 0) is 21.9 Å². The molecule has 3 rings (SSSR count). The monoisotopic (exact) mass is 334 g/mol. The van der Waals surface area contributed by atoms with Gasteiger partial charge >= 0.3 is 0 Å². The summed E-state index contributed by atoms with van der Waals surface area (Å²) < 4.78 is 28.3. The number of hydrogen-bond donors (Lipinski definition) is 1. The van der Waals surface area contributed by atoms with Crippen molar-refractivity contribution >= 4 is 21.7 Å². The van der Waals surface area contributed by atoms with Crippen molar-refractivity contribution in [1.82, 2.24) is 14.1 Å². The minimum Gasteiger partial charge on any atom is -0.308 e. The molecule has 1 unspecified atom stereocenters. The first-order valence-corrected chi connectivity index (χ1v) is 8.80. The highest BCUT2D eigenvalue weighted by Gasteiger charge is 2.39. The minimum atomic E-state index is -3.67. The molecule has 1 aliphatic rings. The van der Waals surface area contributed by atoms with E-state index in [9.17, 15) is 13.2 Å². The number of aromatic nitrogens is 2. The van der Waals surface area contributed by atoms with Gasteiger partial charge in [0.25, 0.3) is 0 Å². The fraction of sp³-hybridized carbons (Fsp3) is 0.333. The number of carbonyl (C=O) groups is 1. The zero-order valence-electron chi connectivity index (χ0n) is 12.7. The van der Waals surface area contributed by atoms with Crippen molar-refractivity contribution in [3.05, 3.63) is 42.6 Å². The van der Waals surface area contributed by atoms with Crippen LogP contribution in [0.2, 0.25) is 0 Å². The predicted octanol–water partition coefficient (Wildman–Crippen LogP) is 1.21. The van der Waals surface area contributed by atoms with Gasteiger partial charge in [-0.05, 0) is 25.0 Å². The summed E-state index contributed by atoms with van der Waals surface area (Å²) in [7, 11) is -1.93. The number of carbonyl (C=O) groups excluding carboxylic acids is 1. The maximum absolute atomic E-state index is 12.7. The Bertz CT molecular complexity index is 801. The van der Waals surface area contributed by atoms with Gasteiger partial charge in [-0.2, -0.15) is 9.40 Å². The van der Waals surface area contributed by atoms with Crippen molar-refractivity contribution in [2.45, 2.75) is 23.8 Å². The van der Waals surface area contributed by atoms with Crippen LogP contribution in [0.5, 0.6) is 0 Å². The molecular formula is C15H18N4O3S. The molecule has 1 aliphatic heterocycles. The van der Waals surface area contributed by atoms with Gasteiger partial charge in [0.2, 0.25) is 15.9 Å². The standard InChI is InChI=1S/C15H18N4O3S/c1-18-11-9-14(17-18)16-15(20)13-8-5-10-19(13)23(21,22)12-6-3-2-4-7-12/h2-4,6-7,9,11,13H,5,8,10H2,1H3,(H,16,17,20). The number of rotatable bonds is 4. The van der Waals surface area contributed by atoms with Crippen LogP contribution in [0.25, 0.3) is 0 Å². The fourth-order valence-corrected chi connectivity index (χ4v) is 4.39. The van der Waals surface area contributed by atoms with E-state index in [1.165, 1.54) is 4.31 Å². The van der Waals surface area contributed by atoms with E-state index in [1.807, 2.05) is 0 Å². The summed E-state index contributed by atoms with van der Waals surface area (Å²) in [5.74, 6) is 0.0714. The summed E-state index contributed by atoms with van der Waals surface area (Å²) in [4.78, 5) is 12.7. The number of sulfonamides is 1. The van der Waals surface area contributed by atoms with Crippen LogP contribution >= 0.6 is 0 Å². The molecule has 1 aromatic heterocycles. The van der Waals surface area contributed by atoms with Gasteiger partial charge in [0.15, 0.2) is 5.82 Å². The highest BCUT2D eigenvalue weighted by atomic mass is 32.2. The molecule has 0 radical (unpaired) electrons. The molecule has 1 atom stereocenters. The van der Waals surface area contributed by atoms with E-state index in [1.54, 1.807) is 54.3 Å². The Kier molecular flexibility index (Phi) is 4.18. The van der Waals surface area contributed by atoms with Gasteiger partial charge in [0.05, 0.1) is 4.90 Å². The molecule has 0 aliphatic carbocycles. The van der Waals surface area contributed by atoms with Crippen molar-refractivity contribution in [1.29, 1.82) is 0 Å². The number of anilines is 1. The van der Waals surface area contributed by atoms with Crippen LogP contribution in [-0.4, -0.2) is 41.0 Å². The largest absolute Gasteiger partial charge is 0.308 e. The lowest BCUT2D eigenvalue weighted by Crippen LogP contribution is -2.43. The molecule has 8 heteroatoms. The first-order valence-electron chi connectivity index (χ1n) is 7.36. The predicted molar refractivity (Wildman–Crippen MR) is 85.2 cm³/mol. The molecule has 7 nitrogen and oxygen atoms in total. The van der Waals surface area contributed by atoms with Crippen LogP contribution in [0.3, 0.4) is 0 Å². The molecule has 23 heavy (non-hydrogen) atoms. The Hall–Kier alpha value is -2.19. The topological polar surface area (TPSA) is 84.3 Å². The molecule has 0 bridgehead atoms. The number of nitrogens with zero attached hydrogens (tertiary/aromatic N) is 3. The third kappa shape index (κ3) is 3.13. The van der Waals surface area contributed by atoms with Crippen molar-refractivity contribution < 1.29 is 13.2 Å². The van der Waals surface area contributed by atoms with E-state index < -0.39 is 16.1 Å². The van der Waals surface area contributed by atoms with Gasteiger partial charge in [-0.1, -0.05) is 18.2 Å². The van der Waals surface area contributed by atoms with E-state index in [-0.39, 0.29) is 10.8 Å². The third-order valence-corrected chi connectivity index (χ3v) is 5.74. The molecule has 2 heterocycles. The number of benzene rings is 1. The van der Waals surface area contributed by atoms with Gasteiger partial charge < -0.3 is 5.32 Å². The second-order valence-corrected chi connectivity index (χ2v) is 7.34. The molecular weight excluding hydrogens is 316 g/mol. The van der Waals surface area contributed by atoms with Crippen LogP contribution in [0, 0.1) is 0 Å². The highest BCUT2D eigenvalue weighted by Crippen LogP contribution is 2.26. The van der Waals surface area contributed by atoms with Crippen LogP contribution in [0.1, 0.15) is 12.8 Å². The molecule has 0 saturated carbocycles. The smallest absolute Gasteiger partial charge is 0.244 e. The Balaban J connectivity index is 1.81. The molecule has 1 saturated heterocycles. The molecule has 1 aromatic carbocycles. The summed E-state index contributed by atoms with van der Waals surface area (Å²) >= 11 is 0. The molecule has 0 spiro atoms. The summed E-state index contributed by atoms with van der Waals surface area (Å²) in [6.07, 6.45) is 2.87. The summed E-state index contributed by atoms with van der Waals surface area (Å²) in [5.41, 5.74) is 0. The summed E-state index contributed by atoms with van der Waals surface area (Å²) in [5, 5.41) is 6.77. The van der Waals surface area contributed by atoms with E-state index in [0.29, 0.717) is 25.2 Å². The lowest BCUT2D eigenvalue weighted by Gasteiger charge is -2.23. The van der Waals surface area contributed by atoms with Gasteiger partial charge in [-0.15, -0.1) is 0 Å². The molecule has 1 fully saturated rings. The highest BCUT2D eigenvalue weighted by molar-refractivity contribution is 7.89. The van der Waals surface area contributed by atoms with E-state index in [0.717, 1.165) is 0 Å². The second kappa shape index (κ2) is 6.13. The molecule has 1 amide bonds. The van der Waals surface area contributed by atoms with Gasteiger partial charge in [0, 0.05) is 25.9 Å². The van der Waals surface area contributed by atoms with Crippen LogP contribution in [0.15, 0.2) is 47.5 Å². The van der Waals surface area contributed by atoms with Gasteiger partial charge in [-0.25, -0.2) is 8.42 Å². The average molecular weight is 334 g/mol. The zero-order valence-corrected chi connectivity index (χ0v) is 13.5. The third-order valence-electron chi connectivity index (χ3n) is 3.82. The number of amides is 1. The van der Waals surface area contributed by atoms with E-state index in [2.05, 4.69) is 10.4 Å². The number of nitrogens with one attached hydrogen (secondary N) is 1. The number of aryl methyl sites for hydroxylation is 1. The van der Waals surface area contributed by atoms with Crippen molar-refractivity contribution in [3.8, 4) is 0 Å². The zero-order chi connectivity index (χ0) is 16.4. The fourth-order valence-electron chi connectivity index (χ4n) is 2.71. The lowest BCUT2D eigenvalue weighted by molar-refractivity contribution is -0.119. The van der Waals surface area contributed by atoms with Crippen molar-refractivity contribution in [2.75, 3.05) is 11.9 Å². The lowest BCUT2D eigenvalue weighted by atomic mass is 10.2. The van der Waals surface area contributed by atoms with Crippen LogP contribution < -0.4 is 5.32 Å². The van der Waals surface area contributed by atoms with Crippen LogP contribution in [0.4, 0.5) is 5.82 Å². The van der Waals surface area contributed by atoms with E-state index >= 15 is 0 Å². The van der Waals surface area contributed by atoms with Crippen molar-refractivity contribution in [2.24, 2.45) is 7.05 Å². The Morgan fingerprint density at radius 3 is 2.65 bits per heavy atom. The van der Waals surface area contributed by atoms with E-state index in [4.69, 9.17) is 0 Å². The average Bonchev–Trinajstić information content (AvgIpc) is 3.17. The summed E-state index contributed by atoms with van der Waals surface area (Å²) in [6, 6.07) is 9.15. The Morgan fingerprint density at radius 1 is 1.26 bits per heavy atom. The summed E-state index contributed by atoms with van der Waals surface area (Å²) in [6.45, 7) is 0.345. The minimum absolute atomic E-state index is 0.206. The first-order chi connectivity index (χ1) is 11.0. The van der Waals surface area contributed by atoms with Gasteiger partial charge in [-0.3, -0.25) is 9.48 Å². The molecule has 122 valence electrons.